The molecule has 0 aliphatic carbocycles. The summed E-state index contributed by atoms with van der Waals surface area (Å²) in [5.41, 5.74) is 0.794. The first-order chi connectivity index (χ1) is 13.3. The molecule has 1 N–H and O–H groups in total. The lowest BCUT2D eigenvalue weighted by molar-refractivity contribution is 0.0382. The normalized spacial score (nSPS) is 18.0. The summed E-state index contributed by atoms with van der Waals surface area (Å²) in [5.74, 6) is 0.935. The maximum Gasteiger partial charge on any atom is 0.316 e. The first-order valence-electron chi connectivity index (χ1n) is 9.43. The molecular formula is C18H24N6O3. The Hall–Kier alpha value is -2.52. The zero-order valence-corrected chi connectivity index (χ0v) is 15.3. The number of aromatic nitrogens is 3. The number of morpholine rings is 1. The lowest BCUT2D eigenvalue weighted by Gasteiger charge is -2.26. The average Bonchev–Trinajstić information content (AvgIpc) is 3.41. The van der Waals surface area contributed by atoms with Crippen LogP contribution in [-0.2, 0) is 4.74 Å². The zero-order chi connectivity index (χ0) is 18.5. The van der Waals surface area contributed by atoms with Crippen molar-refractivity contribution >= 4 is 11.7 Å². The van der Waals surface area contributed by atoms with Crippen LogP contribution in [0.3, 0.4) is 0 Å². The Morgan fingerprint density at radius 2 is 2.00 bits per heavy atom. The monoisotopic (exact) mass is 372 g/mol. The van der Waals surface area contributed by atoms with Gasteiger partial charge in [-0.05, 0) is 25.0 Å². The Labute approximate surface area is 157 Å². The van der Waals surface area contributed by atoms with Gasteiger partial charge >= 0.3 is 11.8 Å². The fourth-order valence-electron chi connectivity index (χ4n) is 3.34. The highest BCUT2D eigenvalue weighted by Gasteiger charge is 2.19. The molecule has 1 amide bonds. The lowest BCUT2D eigenvalue weighted by atomic mass is 10.2. The number of nitrogens with zero attached hydrogens (tertiary/aromatic N) is 5. The van der Waals surface area contributed by atoms with E-state index >= 15 is 0 Å². The smallest absolute Gasteiger partial charge is 0.316 e. The number of carbonyl (C=O) groups excluding carboxylic acids is 1. The Kier molecular flexibility index (Phi) is 5.59. The fraction of sp³-hybridized carbons (Fsp3) is 0.556. The minimum Gasteiger partial charge on any atom is -0.379 e. The predicted molar refractivity (Wildman–Crippen MR) is 98.6 cm³/mol. The molecule has 0 unspecified atom stereocenters. The van der Waals surface area contributed by atoms with Crippen LogP contribution in [0.25, 0.3) is 11.4 Å². The molecule has 2 aliphatic rings. The summed E-state index contributed by atoms with van der Waals surface area (Å²) < 4.78 is 10.5. The molecule has 2 aromatic rings. The molecule has 0 atom stereocenters. The van der Waals surface area contributed by atoms with E-state index in [9.17, 15) is 4.79 Å². The van der Waals surface area contributed by atoms with Crippen molar-refractivity contribution in [1.82, 2.24) is 25.3 Å². The topological polar surface area (TPSA) is 96.6 Å². The summed E-state index contributed by atoms with van der Waals surface area (Å²) in [6.07, 6.45) is 4.10. The third-order valence-electron chi connectivity index (χ3n) is 4.87. The molecule has 27 heavy (non-hydrogen) atoms. The summed E-state index contributed by atoms with van der Waals surface area (Å²) >= 11 is 0. The van der Waals surface area contributed by atoms with E-state index in [0.717, 1.165) is 57.3 Å². The second kappa shape index (κ2) is 8.45. The fourth-order valence-corrected chi connectivity index (χ4v) is 3.34. The molecule has 0 saturated carbocycles. The van der Waals surface area contributed by atoms with Crippen LogP contribution in [0.15, 0.2) is 22.9 Å². The summed E-state index contributed by atoms with van der Waals surface area (Å²) in [5, 5.41) is 6.78. The van der Waals surface area contributed by atoms with Crippen LogP contribution in [-0.4, -0.2) is 78.4 Å². The SMILES string of the molecule is O=C(NCCN1CCOCC1)c1nc(-c2ccnc(N3CCCC3)c2)no1. The van der Waals surface area contributed by atoms with E-state index < -0.39 is 0 Å². The number of pyridine rings is 1. The number of hydrogen-bond acceptors (Lipinski definition) is 8. The molecule has 0 spiro atoms. The molecule has 9 heteroatoms. The van der Waals surface area contributed by atoms with Gasteiger partial charge in [-0.2, -0.15) is 4.98 Å². The Morgan fingerprint density at radius 3 is 2.81 bits per heavy atom. The summed E-state index contributed by atoms with van der Waals surface area (Å²) in [7, 11) is 0. The van der Waals surface area contributed by atoms with Gasteiger partial charge in [0.25, 0.3) is 0 Å². The van der Waals surface area contributed by atoms with Gasteiger partial charge in [-0.25, -0.2) is 4.98 Å². The highest BCUT2D eigenvalue weighted by Crippen LogP contribution is 2.23. The van der Waals surface area contributed by atoms with Gasteiger partial charge in [0, 0.05) is 51.0 Å². The largest absolute Gasteiger partial charge is 0.379 e. The van der Waals surface area contributed by atoms with Crippen molar-refractivity contribution in [1.29, 1.82) is 0 Å². The van der Waals surface area contributed by atoms with Gasteiger partial charge in [-0.3, -0.25) is 9.69 Å². The van der Waals surface area contributed by atoms with Crippen LogP contribution in [0.1, 0.15) is 23.5 Å². The number of amides is 1. The number of anilines is 1. The number of hydrogen-bond donors (Lipinski definition) is 1. The molecule has 0 aromatic carbocycles. The first kappa shape index (κ1) is 17.9. The molecule has 0 radical (unpaired) electrons. The number of nitrogens with one attached hydrogen (secondary N) is 1. The van der Waals surface area contributed by atoms with Crippen molar-refractivity contribution in [3.05, 3.63) is 24.2 Å². The molecule has 9 nitrogen and oxygen atoms in total. The van der Waals surface area contributed by atoms with Gasteiger partial charge in [-0.1, -0.05) is 5.16 Å². The quantitative estimate of drug-likeness (QED) is 0.795. The van der Waals surface area contributed by atoms with E-state index in [2.05, 4.69) is 30.2 Å². The van der Waals surface area contributed by atoms with Crippen LogP contribution in [0.4, 0.5) is 5.82 Å². The van der Waals surface area contributed by atoms with Gasteiger partial charge in [0.1, 0.15) is 5.82 Å². The Bertz CT molecular complexity index is 768. The van der Waals surface area contributed by atoms with Crippen LogP contribution in [0.2, 0.25) is 0 Å². The molecule has 0 bridgehead atoms. The lowest BCUT2D eigenvalue weighted by Crippen LogP contribution is -2.41. The van der Waals surface area contributed by atoms with Crippen molar-refractivity contribution in [2.45, 2.75) is 12.8 Å². The maximum atomic E-state index is 12.2. The Morgan fingerprint density at radius 1 is 1.19 bits per heavy atom. The molecule has 2 saturated heterocycles. The number of carbonyl (C=O) groups is 1. The number of ether oxygens (including phenoxy) is 1. The molecule has 144 valence electrons. The van der Waals surface area contributed by atoms with E-state index in [1.165, 1.54) is 12.8 Å². The van der Waals surface area contributed by atoms with E-state index in [1.54, 1.807) is 6.20 Å². The summed E-state index contributed by atoms with van der Waals surface area (Å²) in [6.45, 7) is 6.60. The molecule has 2 aliphatic heterocycles. The predicted octanol–water partition coefficient (Wildman–Crippen LogP) is 0.794. The van der Waals surface area contributed by atoms with Crippen LogP contribution in [0, 0.1) is 0 Å². The van der Waals surface area contributed by atoms with Crippen molar-refractivity contribution in [3.8, 4) is 11.4 Å². The molecule has 2 aromatic heterocycles. The van der Waals surface area contributed by atoms with E-state index in [1.807, 2.05) is 12.1 Å². The minimum absolute atomic E-state index is 0.0217. The standard InChI is InChI=1S/C18H24N6O3/c25-17(20-5-8-23-9-11-26-12-10-23)18-21-16(22-27-18)14-3-4-19-15(13-14)24-6-1-2-7-24/h3-4,13H,1-2,5-12H2,(H,20,25). The van der Waals surface area contributed by atoms with E-state index in [0.29, 0.717) is 12.4 Å². The minimum atomic E-state index is -0.351. The van der Waals surface area contributed by atoms with Crippen molar-refractivity contribution < 1.29 is 14.1 Å². The first-order valence-corrected chi connectivity index (χ1v) is 9.43. The highest BCUT2D eigenvalue weighted by molar-refractivity contribution is 5.89. The van der Waals surface area contributed by atoms with Crippen molar-refractivity contribution in [2.75, 3.05) is 57.4 Å². The van der Waals surface area contributed by atoms with Gasteiger partial charge in [0.05, 0.1) is 13.2 Å². The van der Waals surface area contributed by atoms with Crippen molar-refractivity contribution in [3.63, 3.8) is 0 Å². The van der Waals surface area contributed by atoms with Crippen LogP contribution >= 0.6 is 0 Å². The van der Waals surface area contributed by atoms with Gasteiger partial charge in [-0.15, -0.1) is 0 Å². The molecule has 4 heterocycles. The zero-order valence-electron chi connectivity index (χ0n) is 15.3. The summed E-state index contributed by atoms with van der Waals surface area (Å²) in [6, 6.07) is 3.76. The molecule has 4 rings (SSSR count). The number of rotatable bonds is 6. The van der Waals surface area contributed by atoms with Crippen LogP contribution in [0.5, 0.6) is 0 Å². The second-order valence-electron chi connectivity index (χ2n) is 6.73. The second-order valence-corrected chi connectivity index (χ2v) is 6.73. The van der Waals surface area contributed by atoms with Gasteiger partial charge in [0.15, 0.2) is 0 Å². The van der Waals surface area contributed by atoms with Crippen molar-refractivity contribution in [2.24, 2.45) is 0 Å². The third-order valence-corrected chi connectivity index (χ3v) is 4.87. The van der Waals surface area contributed by atoms with Gasteiger partial charge in [0.2, 0.25) is 5.82 Å². The highest BCUT2D eigenvalue weighted by atomic mass is 16.5. The average molecular weight is 372 g/mol. The van der Waals surface area contributed by atoms with E-state index in [4.69, 9.17) is 9.26 Å². The van der Waals surface area contributed by atoms with Crippen LogP contribution < -0.4 is 10.2 Å². The third kappa shape index (κ3) is 4.42. The Balaban J connectivity index is 1.35. The van der Waals surface area contributed by atoms with Gasteiger partial charge < -0.3 is 19.5 Å². The maximum absolute atomic E-state index is 12.2. The molecule has 2 fully saturated rings. The van der Waals surface area contributed by atoms with E-state index in [-0.39, 0.29) is 11.8 Å². The summed E-state index contributed by atoms with van der Waals surface area (Å²) in [4.78, 5) is 25.4. The molecular weight excluding hydrogens is 348 g/mol.